The minimum absolute atomic E-state index is 0.580. The van der Waals surface area contributed by atoms with Crippen molar-refractivity contribution in [2.45, 2.75) is 48.0 Å². The molecule has 1 nitrogen and oxygen atoms in total. The van der Waals surface area contributed by atoms with Crippen LogP contribution in [0.15, 0.2) is 59.5 Å². The first kappa shape index (κ1) is 17.5. The van der Waals surface area contributed by atoms with Crippen molar-refractivity contribution < 1.29 is 0 Å². The van der Waals surface area contributed by atoms with Crippen LogP contribution >= 0.6 is 0 Å². The Kier molecular flexibility index (Phi) is 8.69. The molecule has 1 N–H and O–H groups in total. The number of hydrogen-bond donors (Lipinski definition) is 1. The van der Waals surface area contributed by atoms with Gasteiger partial charge in [0.2, 0.25) is 0 Å². The van der Waals surface area contributed by atoms with E-state index < -0.39 is 0 Å². The molecule has 0 spiro atoms. The van der Waals surface area contributed by atoms with E-state index in [4.69, 9.17) is 0 Å². The average molecular weight is 259 g/mol. The zero-order chi connectivity index (χ0) is 14.8. The highest BCUT2D eigenvalue weighted by molar-refractivity contribution is 5.29. The summed E-state index contributed by atoms with van der Waals surface area (Å²) < 4.78 is 0. The van der Waals surface area contributed by atoms with Crippen LogP contribution in [-0.4, -0.2) is 0 Å². The Morgan fingerprint density at radius 3 is 2.32 bits per heavy atom. The molecule has 1 heteroatoms. The van der Waals surface area contributed by atoms with E-state index >= 15 is 0 Å². The smallest absolute Gasteiger partial charge is 0.0338 e. The molecule has 0 radical (unpaired) electrons. The van der Waals surface area contributed by atoms with Crippen LogP contribution in [0.3, 0.4) is 0 Å². The lowest BCUT2D eigenvalue weighted by atomic mass is 10.0. The average Bonchev–Trinajstić information content (AvgIpc) is 2.33. The predicted molar refractivity (Wildman–Crippen MR) is 87.8 cm³/mol. The molecule has 19 heavy (non-hydrogen) atoms. The maximum atomic E-state index is 3.91. The first-order valence-corrected chi connectivity index (χ1v) is 7.02. The molecule has 0 aromatic heterocycles. The van der Waals surface area contributed by atoms with Gasteiger partial charge in [0.15, 0.2) is 0 Å². The van der Waals surface area contributed by atoms with Crippen molar-refractivity contribution in [2.75, 3.05) is 0 Å². The highest BCUT2D eigenvalue weighted by Crippen LogP contribution is 2.11. The fourth-order valence-electron chi connectivity index (χ4n) is 1.27. The Balaban J connectivity index is 4.68. The van der Waals surface area contributed by atoms with E-state index in [-0.39, 0.29) is 0 Å². The molecule has 0 aromatic carbocycles. The monoisotopic (exact) mass is 259 g/mol. The molecular formula is C18H29N. The third-order valence-corrected chi connectivity index (χ3v) is 3.08. The molecule has 106 valence electrons. The van der Waals surface area contributed by atoms with Gasteiger partial charge in [0.1, 0.15) is 0 Å². The molecule has 0 bridgehead atoms. The molecule has 0 fully saturated rings. The van der Waals surface area contributed by atoms with Crippen molar-refractivity contribution in [1.82, 2.24) is 5.32 Å². The first-order chi connectivity index (χ1) is 8.88. The second kappa shape index (κ2) is 9.43. The molecule has 0 amide bonds. The Labute approximate surface area is 119 Å². The lowest BCUT2D eigenvalue weighted by molar-refractivity contribution is 0.766. The standard InChI is InChI=1S/C18H29N/c1-8-10-18(13-17(7)15(4)5)19-12-9-11-16(6)14(2)3/h9-13,15,19H,2,8H2,1,3-7H3/b12-9+,16-11-,17-13-,18-10+. The van der Waals surface area contributed by atoms with Crippen molar-refractivity contribution in [3.05, 3.63) is 59.5 Å². The zero-order valence-corrected chi connectivity index (χ0v) is 13.4. The van der Waals surface area contributed by atoms with Crippen LogP contribution in [0, 0.1) is 5.92 Å². The summed E-state index contributed by atoms with van der Waals surface area (Å²) >= 11 is 0. The second-order valence-electron chi connectivity index (χ2n) is 5.24. The molecule has 0 aliphatic carbocycles. The predicted octanol–water partition coefficient (Wildman–Crippen LogP) is 5.51. The summed E-state index contributed by atoms with van der Waals surface area (Å²) in [4.78, 5) is 0. The topological polar surface area (TPSA) is 12.0 Å². The summed E-state index contributed by atoms with van der Waals surface area (Å²) in [5, 5.41) is 3.33. The van der Waals surface area contributed by atoms with Crippen LogP contribution in [0.5, 0.6) is 0 Å². The van der Waals surface area contributed by atoms with Gasteiger partial charge in [0, 0.05) is 11.9 Å². The van der Waals surface area contributed by atoms with Gasteiger partial charge in [0.05, 0.1) is 0 Å². The molecule has 0 saturated heterocycles. The lowest BCUT2D eigenvalue weighted by Crippen LogP contribution is -2.04. The van der Waals surface area contributed by atoms with E-state index in [9.17, 15) is 0 Å². The van der Waals surface area contributed by atoms with Crippen LogP contribution in [0.2, 0.25) is 0 Å². The third kappa shape index (κ3) is 8.25. The van der Waals surface area contributed by atoms with Crippen LogP contribution in [0.1, 0.15) is 48.0 Å². The van der Waals surface area contributed by atoms with E-state index in [1.807, 2.05) is 19.2 Å². The Morgan fingerprint density at radius 2 is 1.84 bits per heavy atom. The van der Waals surface area contributed by atoms with Crippen molar-refractivity contribution in [3.8, 4) is 0 Å². The Hall–Kier alpha value is -1.50. The van der Waals surface area contributed by atoms with Crippen molar-refractivity contribution in [3.63, 3.8) is 0 Å². The number of allylic oxidation sites excluding steroid dienone is 7. The van der Waals surface area contributed by atoms with Gasteiger partial charge in [-0.1, -0.05) is 50.6 Å². The molecule has 0 aromatic rings. The van der Waals surface area contributed by atoms with Gasteiger partial charge in [-0.25, -0.2) is 0 Å². The quantitative estimate of drug-likeness (QED) is 0.594. The van der Waals surface area contributed by atoms with Gasteiger partial charge in [-0.05, 0) is 50.8 Å². The highest BCUT2D eigenvalue weighted by atomic mass is 14.8. The van der Waals surface area contributed by atoms with Gasteiger partial charge < -0.3 is 5.32 Å². The van der Waals surface area contributed by atoms with Gasteiger partial charge in [0.25, 0.3) is 0 Å². The number of nitrogens with one attached hydrogen (secondary N) is 1. The maximum absolute atomic E-state index is 3.91. The van der Waals surface area contributed by atoms with Crippen LogP contribution in [-0.2, 0) is 0 Å². The maximum Gasteiger partial charge on any atom is 0.0338 e. The molecule has 0 saturated carbocycles. The minimum Gasteiger partial charge on any atom is -0.362 e. The van der Waals surface area contributed by atoms with E-state index in [0.717, 1.165) is 17.7 Å². The molecule has 0 atom stereocenters. The van der Waals surface area contributed by atoms with E-state index in [2.05, 4.69) is 64.7 Å². The first-order valence-electron chi connectivity index (χ1n) is 7.02. The van der Waals surface area contributed by atoms with Crippen molar-refractivity contribution in [1.29, 1.82) is 0 Å². The van der Waals surface area contributed by atoms with Crippen LogP contribution in [0.25, 0.3) is 0 Å². The summed E-state index contributed by atoms with van der Waals surface area (Å²) in [5.41, 5.74) is 4.85. The summed E-state index contributed by atoms with van der Waals surface area (Å²) in [6.07, 6.45) is 11.5. The van der Waals surface area contributed by atoms with Gasteiger partial charge in [-0.2, -0.15) is 0 Å². The van der Waals surface area contributed by atoms with Gasteiger partial charge >= 0.3 is 0 Å². The van der Waals surface area contributed by atoms with Crippen molar-refractivity contribution in [2.24, 2.45) is 5.92 Å². The summed E-state index contributed by atoms with van der Waals surface area (Å²) in [6, 6.07) is 0. The molecule has 0 aliphatic heterocycles. The fourth-order valence-corrected chi connectivity index (χ4v) is 1.27. The molecule has 0 aliphatic rings. The minimum atomic E-state index is 0.580. The Bertz CT molecular complexity index is 403. The second-order valence-corrected chi connectivity index (χ2v) is 5.24. The SMILES string of the molecule is C=C(C)/C(C)=C\C=C\NC(/C=C(/C)C(C)C)=C/CC. The van der Waals surface area contributed by atoms with Crippen LogP contribution in [0.4, 0.5) is 0 Å². The summed E-state index contributed by atoms with van der Waals surface area (Å²) in [5.74, 6) is 0.580. The zero-order valence-electron chi connectivity index (χ0n) is 13.4. The highest BCUT2D eigenvalue weighted by Gasteiger charge is 1.97. The number of rotatable bonds is 7. The largest absolute Gasteiger partial charge is 0.362 e. The van der Waals surface area contributed by atoms with Gasteiger partial charge in [-0.15, -0.1) is 0 Å². The lowest BCUT2D eigenvalue weighted by Gasteiger charge is -2.08. The fraction of sp³-hybridized carbons (Fsp3) is 0.444. The van der Waals surface area contributed by atoms with E-state index in [1.165, 1.54) is 11.1 Å². The van der Waals surface area contributed by atoms with Crippen molar-refractivity contribution >= 4 is 0 Å². The van der Waals surface area contributed by atoms with Gasteiger partial charge in [-0.3, -0.25) is 0 Å². The molecular weight excluding hydrogens is 230 g/mol. The Morgan fingerprint density at radius 1 is 1.21 bits per heavy atom. The van der Waals surface area contributed by atoms with E-state index in [1.54, 1.807) is 0 Å². The third-order valence-electron chi connectivity index (χ3n) is 3.08. The van der Waals surface area contributed by atoms with Crippen LogP contribution < -0.4 is 5.32 Å². The summed E-state index contributed by atoms with van der Waals surface area (Å²) in [6.45, 7) is 16.7. The molecule has 0 rings (SSSR count). The molecule has 0 heterocycles. The molecule has 0 unspecified atom stereocenters. The van der Waals surface area contributed by atoms with E-state index in [0.29, 0.717) is 5.92 Å². The number of hydrogen-bond acceptors (Lipinski definition) is 1. The summed E-state index contributed by atoms with van der Waals surface area (Å²) in [7, 11) is 0. The normalized spacial score (nSPS) is 14.4.